The van der Waals surface area contributed by atoms with E-state index in [4.69, 9.17) is 9.47 Å². The van der Waals surface area contributed by atoms with Crippen molar-refractivity contribution in [1.82, 2.24) is 5.32 Å². The average molecular weight is 648 g/mol. The van der Waals surface area contributed by atoms with E-state index in [1.54, 1.807) is 42.5 Å². The molecule has 6 rings (SSSR count). The summed E-state index contributed by atoms with van der Waals surface area (Å²) in [6.45, 7) is 2.70. The summed E-state index contributed by atoms with van der Waals surface area (Å²) in [7, 11) is 0. The molecule has 0 aliphatic carbocycles. The number of ether oxygens (including phenoxy) is 2. The maximum absolute atomic E-state index is 13.6. The Bertz CT molecular complexity index is 1920. The number of hydrogen-bond donors (Lipinski definition) is 1. The fraction of sp³-hybridized carbons (Fsp3) is 0.0833. The molecule has 0 aromatic heterocycles. The molecule has 1 heterocycles. The van der Waals surface area contributed by atoms with Crippen molar-refractivity contribution in [1.29, 1.82) is 0 Å². The quantitative estimate of drug-likeness (QED) is 0.138. The van der Waals surface area contributed by atoms with Gasteiger partial charge in [0.05, 0.1) is 5.69 Å². The first-order chi connectivity index (χ1) is 21.4. The predicted molar refractivity (Wildman–Crippen MR) is 173 cm³/mol. The molecular weight excluding hydrogens is 620 g/mol. The molecule has 4 amide bonds. The smallest absolute Gasteiger partial charge is 0.335 e. The molecule has 8 heteroatoms. The summed E-state index contributed by atoms with van der Waals surface area (Å²) in [5.74, 6) is -0.433. The van der Waals surface area contributed by atoms with E-state index < -0.39 is 17.8 Å². The molecule has 7 nitrogen and oxygen atoms in total. The van der Waals surface area contributed by atoms with Gasteiger partial charge in [0.15, 0.2) is 0 Å². The van der Waals surface area contributed by atoms with Gasteiger partial charge in [0.2, 0.25) is 0 Å². The van der Waals surface area contributed by atoms with Crippen molar-refractivity contribution in [2.45, 2.75) is 20.1 Å². The third kappa shape index (κ3) is 6.11. The molecule has 1 N–H and O–H groups in total. The van der Waals surface area contributed by atoms with Crippen molar-refractivity contribution in [3.05, 3.63) is 141 Å². The van der Waals surface area contributed by atoms with Gasteiger partial charge < -0.3 is 9.47 Å². The van der Waals surface area contributed by atoms with Crippen LogP contribution in [0.2, 0.25) is 0 Å². The van der Waals surface area contributed by atoms with Crippen molar-refractivity contribution in [3.8, 4) is 11.5 Å². The number of amides is 4. The fourth-order valence-electron chi connectivity index (χ4n) is 5.00. The van der Waals surface area contributed by atoms with Crippen LogP contribution in [0, 0.1) is 6.92 Å². The van der Waals surface area contributed by atoms with Crippen LogP contribution in [0.15, 0.2) is 119 Å². The van der Waals surface area contributed by atoms with Crippen molar-refractivity contribution in [2.75, 3.05) is 4.90 Å². The Morgan fingerprint density at radius 3 is 2.30 bits per heavy atom. The van der Waals surface area contributed by atoms with Crippen LogP contribution < -0.4 is 19.7 Å². The number of nitrogens with one attached hydrogen (secondary N) is 1. The minimum absolute atomic E-state index is 0.183. The maximum atomic E-state index is 13.6. The number of halogens is 1. The molecular formula is C36H27BrN2O5. The summed E-state index contributed by atoms with van der Waals surface area (Å²) in [6, 6.07) is 32.9. The van der Waals surface area contributed by atoms with E-state index in [1.165, 1.54) is 6.08 Å². The second-order valence-corrected chi connectivity index (χ2v) is 11.2. The molecule has 0 radical (unpaired) electrons. The summed E-state index contributed by atoms with van der Waals surface area (Å²) in [4.78, 5) is 40.1. The van der Waals surface area contributed by atoms with Gasteiger partial charge in [-0.15, -0.1) is 0 Å². The van der Waals surface area contributed by atoms with Crippen molar-refractivity contribution >= 4 is 56.3 Å². The van der Waals surface area contributed by atoms with Crippen LogP contribution in [0.5, 0.6) is 11.5 Å². The summed E-state index contributed by atoms with van der Waals surface area (Å²) < 4.78 is 13.1. The Labute approximate surface area is 262 Å². The molecule has 1 saturated heterocycles. The fourth-order valence-corrected chi connectivity index (χ4v) is 5.27. The highest BCUT2D eigenvalue weighted by Gasteiger charge is 2.37. The van der Waals surface area contributed by atoms with Crippen LogP contribution >= 0.6 is 15.9 Å². The SMILES string of the molecule is Cc1ccc2ccccc2c1COc1ccccc1/C=C1\C(=O)NC(=O)N(c2ccc(OCc3ccc(Br)cc3)cc2)C1=O. The number of para-hydroxylation sites is 1. The largest absolute Gasteiger partial charge is 0.489 e. The second-order valence-electron chi connectivity index (χ2n) is 10.3. The lowest BCUT2D eigenvalue weighted by Crippen LogP contribution is -2.54. The van der Waals surface area contributed by atoms with Crippen LogP contribution in [0.4, 0.5) is 10.5 Å². The molecule has 1 aliphatic heterocycles. The van der Waals surface area contributed by atoms with Gasteiger partial charge in [-0.3, -0.25) is 14.9 Å². The third-order valence-electron chi connectivity index (χ3n) is 7.38. The minimum atomic E-state index is -0.823. The summed E-state index contributed by atoms with van der Waals surface area (Å²) in [6.07, 6.45) is 1.46. The lowest BCUT2D eigenvalue weighted by molar-refractivity contribution is -0.122. The van der Waals surface area contributed by atoms with Gasteiger partial charge in [0.25, 0.3) is 11.8 Å². The molecule has 0 unspecified atom stereocenters. The molecule has 5 aromatic rings. The first-order valence-corrected chi connectivity index (χ1v) is 14.7. The molecule has 0 bridgehead atoms. The lowest BCUT2D eigenvalue weighted by Gasteiger charge is -2.26. The number of urea groups is 1. The van der Waals surface area contributed by atoms with Crippen molar-refractivity contribution in [2.24, 2.45) is 0 Å². The molecule has 1 aliphatic rings. The normalized spacial score (nSPS) is 14.2. The maximum Gasteiger partial charge on any atom is 0.335 e. The topological polar surface area (TPSA) is 84.9 Å². The molecule has 0 saturated carbocycles. The molecule has 0 atom stereocenters. The van der Waals surface area contributed by atoms with E-state index in [0.29, 0.717) is 36.0 Å². The minimum Gasteiger partial charge on any atom is -0.489 e. The first-order valence-electron chi connectivity index (χ1n) is 14.0. The molecule has 1 fully saturated rings. The highest BCUT2D eigenvalue weighted by atomic mass is 79.9. The monoisotopic (exact) mass is 646 g/mol. The van der Waals surface area contributed by atoms with Crippen LogP contribution in [0.3, 0.4) is 0 Å². The van der Waals surface area contributed by atoms with Gasteiger partial charge >= 0.3 is 6.03 Å². The van der Waals surface area contributed by atoms with Crippen LogP contribution in [-0.4, -0.2) is 17.8 Å². The van der Waals surface area contributed by atoms with E-state index >= 15 is 0 Å². The van der Waals surface area contributed by atoms with E-state index in [0.717, 1.165) is 36.8 Å². The van der Waals surface area contributed by atoms with Gasteiger partial charge in [-0.2, -0.15) is 0 Å². The van der Waals surface area contributed by atoms with Crippen LogP contribution in [-0.2, 0) is 22.8 Å². The second kappa shape index (κ2) is 12.6. The summed E-state index contributed by atoms with van der Waals surface area (Å²) in [5.41, 5.74) is 3.80. The van der Waals surface area contributed by atoms with E-state index in [-0.39, 0.29) is 5.57 Å². The zero-order valence-corrected chi connectivity index (χ0v) is 25.3. The Hall–Kier alpha value is -5.21. The van der Waals surface area contributed by atoms with Gasteiger partial charge in [-0.05, 0) is 77.4 Å². The number of benzene rings is 5. The Balaban J connectivity index is 1.21. The number of aryl methyl sites for hydroxylation is 1. The molecule has 218 valence electrons. The number of anilines is 1. The van der Waals surface area contributed by atoms with Crippen LogP contribution in [0.25, 0.3) is 16.8 Å². The average Bonchev–Trinajstić information content (AvgIpc) is 3.03. The summed E-state index contributed by atoms with van der Waals surface area (Å²) in [5, 5.41) is 4.50. The van der Waals surface area contributed by atoms with Crippen molar-refractivity contribution < 1.29 is 23.9 Å². The van der Waals surface area contributed by atoms with Gasteiger partial charge in [-0.25, -0.2) is 9.69 Å². The van der Waals surface area contributed by atoms with E-state index in [9.17, 15) is 14.4 Å². The third-order valence-corrected chi connectivity index (χ3v) is 7.91. The van der Waals surface area contributed by atoms with E-state index in [1.807, 2.05) is 49.4 Å². The number of nitrogens with zero attached hydrogens (tertiary/aromatic N) is 1. The summed E-state index contributed by atoms with van der Waals surface area (Å²) >= 11 is 3.41. The highest BCUT2D eigenvalue weighted by Crippen LogP contribution is 2.29. The Kier molecular flexibility index (Phi) is 8.25. The van der Waals surface area contributed by atoms with Gasteiger partial charge in [-0.1, -0.05) is 82.7 Å². The van der Waals surface area contributed by atoms with E-state index in [2.05, 4.69) is 45.5 Å². The number of fused-ring (bicyclic) bond motifs is 1. The first kappa shape index (κ1) is 28.9. The Morgan fingerprint density at radius 2 is 1.50 bits per heavy atom. The highest BCUT2D eigenvalue weighted by molar-refractivity contribution is 9.10. The predicted octanol–water partition coefficient (Wildman–Crippen LogP) is 7.74. The van der Waals surface area contributed by atoms with Crippen LogP contribution in [0.1, 0.15) is 22.3 Å². The lowest BCUT2D eigenvalue weighted by atomic mass is 10.0. The van der Waals surface area contributed by atoms with Gasteiger partial charge in [0, 0.05) is 15.6 Å². The van der Waals surface area contributed by atoms with Gasteiger partial charge in [0.1, 0.15) is 30.3 Å². The number of imide groups is 2. The zero-order valence-electron chi connectivity index (χ0n) is 23.8. The Morgan fingerprint density at radius 1 is 0.773 bits per heavy atom. The zero-order chi connectivity index (χ0) is 30.6. The number of carbonyl (C=O) groups is 3. The van der Waals surface area contributed by atoms with Crippen molar-refractivity contribution in [3.63, 3.8) is 0 Å². The number of hydrogen-bond acceptors (Lipinski definition) is 5. The number of rotatable bonds is 8. The standard InChI is InChI=1S/C36H27BrN2O5/c1-23-10-13-25-6-2-4-8-30(25)32(23)22-44-33-9-5-3-7-26(33)20-31-34(40)38-36(42)39(35(31)41)28-16-18-29(19-17-28)43-21-24-11-14-27(37)15-12-24/h2-20H,21-22H2,1H3,(H,38,40,42)/b31-20+. The molecule has 5 aromatic carbocycles. The number of barbiturate groups is 1. The molecule has 0 spiro atoms. The molecule has 44 heavy (non-hydrogen) atoms. The number of carbonyl (C=O) groups excluding carboxylic acids is 3.